The van der Waals surface area contributed by atoms with Gasteiger partial charge >= 0.3 is 0 Å². The zero-order valence-electron chi connectivity index (χ0n) is 15.5. The zero-order chi connectivity index (χ0) is 17.9. The first-order valence-electron chi connectivity index (χ1n) is 10.4. The predicted molar refractivity (Wildman–Crippen MR) is 101 cm³/mol. The van der Waals surface area contributed by atoms with E-state index in [1.807, 2.05) is 0 Å². The van der Waals surface area contributed by atoms with Crippen molar-refractivity contribution in [1.29, 1.82) is 0 Å². The van der Waals surface area contributed by atoms with E-state index in [2.05, 4.69) is 21.1 Å². The van der Waals surface area contributed by atoms with Gasteiger partial charge in [-0.15, -0.1) is 0 Å². The Labute approximate surface area is 155 Å². The van der Waals surface area contributed by atoms with Crippen LogP contribution in [0.4, 0.5) is 0 Å². The Morgan fingerprint density at radius 1 is 0.769 bits per heavy atom. The summed E-state index contributed by atoms with van der Waals surface area (Å²) >= 11 is 0. The van der Waals surface area contributed by atoms with Crippen LogP contribution < -0.4 is 10.9 Å². The third-order valence-electron chi connectivity index (χ3n) is 6.73. The van der Waals surface area contributed by atoms with Crippen LogP contribution in [0.15, 0.2) is 10.2 Å². The van der Waals surface area contributed by atoms with E-state index in [-0.39, 0.29) is 11.8 Å². The maximum absolute atomic E-state index is 11.9. The maximum atomic E-state index is 11.9. The fourth-order valence-corrected chi connectivity index (χ4v) is 5.28. The van der Waals surface area contributed by atoms with Gasteiger partial charge in [-0.1, -0.05) is 0 Å². The van der Waals surface area contributed by atoms with Gasteiger partial charge in [0.2, 0.25) is 11.8 Å². The van der Waals surface area contributed by atoms with Gasteiger partial charge in [-0.05, 0) is 87.9 Å². The topological polar surface area (TPSA) is 82.9 Å². The summed E-state index contributed by atoms with van der Waals surface area (Å²) in [5.74, 6) is 2.75. The first kappa shape index (κ1) is 17.7. The molecule has 0 aromatic carbocycles. The molecule has 4 atom stereocenters. The summed E-state index contributed by atoms with van der Waals surface area (Å²) in [6.07, 6.45) is 12.0. The van der Waals surface area contributed by atoms with Crippen LogP contribution in [-0.4, -0.2) is 23.2 Å². The molecule has 4 rings (SSSR count). The molecule has 4 fully saturated rings. The minimum Gasteiger partial charge on any atom is -0.273 e. The molecule has 2 amide bonds. The van der Waals surface area contributed by atoms with E-state index < -0.39 is 0 Å². The minimum absolute atomic E-state index is 0.0390. The van der Waals surface area contributed by atoms with Crippen molar-refractivity contribution in [2.75, 3.05) is 0 Å². The zero-order valence-corrected chi connectivity index (χ0v) is 15.5. The number of fused-ring (bicyclic) bond motifs is 4. The molecule has 2 N–H and O–H groups in total. The van der Waals surface area contributed by atoms with E-state index in [0.717, 1.165) is 24.7 Å². The molecule has 4 aliphatic rings. The lowest BCUT2D eigenvalue weighted by atomic mass is 9.99. The average Bonchev–Trinajstić information content (AvgIpc) is 3.42. The second-order valence-corrected chi connectivity index (χ2v) is 8.64. The summed E-state index contributed by atoms with van der Waals surface area (Å²) in [5, 5.41) is 8.66. The highest BCUT2D eigenvalue weighted by molar-refractivity contribution is 5.91. The van der Waals surface area contributed by atoms with E-state index in [1.54, 1.807) is 0 Å². The third-order valence-corrected chi connectivity index (χ3v) is 6.73. The van der Waals surface area contributed by atoms with Gasteiger partial charge in [-0.25, -0.2) is 10.9 Å². The molecule has 4 saturated carbocycles. The van der Waals surface area contributed by atoms with Crippen LogP contribution in [0.1, 0.15) is 77.0 Å². The standard InChI is InChI=1S/C20H30N4O2/c25-19(23-21-17-11-13-5-7-15(17)9-13)3-1-2-4-20(26)24-22-18-12-14-6-8-16(18)10-14/h13-16H,1-12H2,(H,23,25)(H,24,26). The smallest absolute Gasteiger partial charge is 0.240 e. The molecule has 6 nitrogen and oxygen atoms in total. The number of amides is 2. The summed E-state index contributed by atoms with van der Waals surface area (Å²) < 4.78 is 0. The van der Waals surface area contributed by atoms with Crippen molar-refractivity contribution in [3.8, 4) is 0 Å². The van der Waals surface area contributed by atoms with Crippen molar-refractivity contribution in [3.05, 3.63) is 0 Å². The number of hydrogen-bond donors (Lipinski definition) is 2. The molecule has 4 unspecified atom stereocenters. The van der Waals surface area contributed by atoms with E-state index in [4.69, 9.17) is 0 Å². The Morgan fingerprint density at radius 3 is 1.58 bits per heavy atom. The van der Waals surface area contributed by atoms with Crippen molar-refractivity contribution in [1.82, 2.24) is 10.9 Å². The van der Waals surface area contributed by atoms with Crippen LogP contribution in [0.25, 0.3) is 0 Å². The van der Waals surface area contributed by atoms with Crippen LogP contribution in [0.3, 0.4) is 0 Å². The molecule has 0 radical (unpaired) electrons. The molecule has 0 aromatic heterocycles. The maximum Gasteiger partial charge on any atom is 0.240 e. The molecule has 0 saturated heterocycles. The first-order valence-corrected chi connectivity index (χ1v) is 10.4. The molecule has 6 heteroatoms. The molecule has 0 heterocycles. The summed E-state index contributed by atoms with van der Waals surface area (Å²) in [6, 6.07) is 0. The number of nitrogens with one attached hydrogen (secondary N) is 2. The second kappa shape index (κ2) is 7.89. The lowest BCUT2D eigenvalue weighted by Gasteiger charge is -2.12. The molecule has 0 aromatic rings. The minimum atomic E-state index is -0.0390. The van der Waals surface area contributed by atoms with Gasteiger partial charge in [-0.3, -0.25) is 9.59 Å². The number of carbonyl (C=O) groups is 2. The molecule has 4 bridgehead atoms. The Hall–Kier alpha value is -1.72. The highest BCUT2D eigenvalue weighted by Gasteiger charge is 2.37. The number of unbranched alkanes of at least 4 members (excludes halogenated alkanes) is 1. The fraction of sp³-hybridized carbons (Fsp3) is 0.800. The highest BCUT2D eigenvalue weighted by atomic mass is 16.2. The van der Waals surface area contributed by atoms with Crippen LogP contribution in [-0.2, 0) is 9.59 Å². The van der Waals surface area contributed by atoms with Crippen LogP contribution in [0.5, 0.6) is 0 Å². The van der Waals surface area contributed by atoms with Crippen molar-refractivity contribution < 1.29 is 9.59 Å². The number of nitrogens with zero attached hydrogens (tertiary/aromatic N) is 2. The molecule has 26 heavy (non-hydrogen) atoms. The van der Waals surface area contributed by atoms with Crippen molar-refractivity contribution in [2.24, 2.45) is 33.9 Å². The molecular formula is C20H30N4O2. The van der Waals surface area contributed by atoms with Crippen LogP contribution in [0.2, 0.25) is 0 Å². The molecule has 142 valence electrons. The van der Waals surface area contributed by atoms with Gasteiger partial charge in [0.1, 0.15) is 0 Å². The van der Waals surface area contributed by atoms with E-state index >= 15 is 0 Å². The Morgan fingerprint density at radius 2 is 1.23 bits per heavy atom. The lowest BCUT2D eigenvalue weighted by molar-refractivity contribution is -0.123. The van der Waals surface area contributed by atoms with Crippen molar-refractivity contribution in [3.63, 3.8) is 0 Å². The number of hydrogen-bond acceptors (Lipinski definition) is 4. The summed E-state index contributed by atoms with van der Waals surface area (Å²) in [5.41, 5.74) is 7.78. The van der Waals surface area contributed by atoms with Crippen LogP contribution >= 0.6 is 0 Å². The van der Waals surface area contributed by atoms with Gasteiger partial charge in [0.15, 0.2) is 0 Å². The highest BCUT2D eigenvalue weighted by Crippen LogP contribution is 2.43. The van der Waals surface area contributed by atoms with E-state index in [9.17, 15) is 9.59 Å². The Bertz CT molecular complexity index is 573. The number of carbonyl (C=O) groups excluding carboxylic acids is 2. The van der Waals surface area contributed by atoms with Gasteiger partial charge in [0.25, 0.3) is 0 Å². The third kappa shape index (κ3) is 4.15. The first-order chi connectivity index (χ1) is 12.7. The average molecular weight is 358 g/mol. The van der Waals surface area contributed by atoms with E-state index in [1.165, 1.54) is 49.9 Å². The van der Waals surface area contributed by atoms with Crippen molar-refractivity contribution >= 4 is 23.2 Å². The van der Waals surface area contributed by atoms with E-state index in [0.29, 0.717) is 37.5 Å². The second-order valence-electron chi connectivity index (χ2n) is 8.64. The summed E-state index contributed by atoms with van der Waals surface area (Å²) in [4.78, 5) is 23.8. The predicted octanol–water partition coefficient (Wildman–Crippen LogP) is 3.13. The largest absolute Gasteiger partial charge is 0.273 e. The number of rotatable bonds is 7. The summed E-state index contributed by atoms with van der Waals surface area (Å²) in [7, 11) is 0. The van der Waals surface area contributed by atoms with Crippen molar-refractivity contribution in [2.45, 2.75) is 77.0 Å². The lowest BCUT2D eigenvalue weighted by Crippen LogP contribution is -2.22. The Balaban J connectivity index is 1.08. The van der Waals surface area contributed by atoms with Gasteiger partial charge in [0.05, 0.1) is 0 Å². The molecule has 0 spiro atoms. The quantitative estimate of drug-likeness (QED) is 0.541. The van der Waals surface area contributed by atoms with Gasteiger partial charge < -0.3 is 0 Å². The summed E-state index contributed by atoms with van der Waals surface area (Å²) in [6.45, 7) is 0. The Kier molecular flexibility index (Phi) is 5.36. The molecular weight excluding hydrogens is 328 g/mol. The SMILES string of the molecule is O=C(CCCCC(=O)NN=C1CC2CCC1C2)NN=C1CC2CCC1C2. The molecule has 4 aliphatic carbocycles. The monoisotopic (exact) mass is 358 g/mol. The normalized spacial score (nSPS) is 34.8. The van der Waals surface area contributed by atoms with Gasteiger partial charge in [0, 0.05) is 24.3 Å². The van der Waals surface area contributed by atoms with Crippen LogP contribution in [0, 0.1) is 23.7 Å². The number of hydrazone groups is 2. The van der Waals surface area contributed by atoms with Gasteiger partial charge in [-0.2, -0.15) is 10.2 Å². The fourth-order valence-electron chi connectivity index (χ4n) is 5.28. The molecule has 0 aliphatic heterocycles.